The summed E-state index contributed by atoms with van der Waals surface area (Å²) in [6.45, 7) is 5.27. The number of amides is 1. The molecular weight excluding hydrogens is 550 g/mol. The number of nitrogens with two attached hydrogens (primary N) is 2. The fourth-order valence-corrected chi connectivity index (χ4v) is 3.83. The van der Waals surface area contributed by atoms with E-state index < -0.39 is 48.6 Å². The first-order chi connectivity index (χ1) is 19.1. The van der Waals surface area contributed by atoms with Crippen LogP contribution in [0.1, 0.15) is 52.7 Å². The van der Waals surface area contributed by atoms with Crippen molar-refractivity contribution in [2.45, 2.75) is 58.0 Å². The number of aromatic nitrogens is 2. The Morgan fingerprint density at radius 3 is 2.15 bits per heavy atom. The Balaban J connectivity index is 0.000000646. The molecule has 0 aliphatic rings. The molecule has 0 aliphatic carbocycles. The quantitative estimate of drug-likeness (QED) is 0.232. The third-order valence-electron chi connectivity index (χ3n) is 5.60. The second-order valence-corrected chi connectivity index (χ2v) is 10.5. The largest absolute Gasteiger partial charge is 0.489 e. The van der Waals surface area contributed by atoms with Crippen LogP contribution in [0.25, 0.3) is 11.3 Å². The number of carbonyl (C=O) groups excluding carboxylic acids is 1. The molecule has 14 heteroatoms. The molecule has 41 heavy (non-hydrogen) atoms. The lowest BCUT2D eigenvalue weighted by atomic mass is 9.91. The fraction of sp³-hybridized carbons (Fsp3) is 0.556. The van der Waals surface area contributed by atoms with E-state index in [1.54, 1.807) is 19.9 Å². The number of hydrogen-bond donors (Lipinski definition) is 4. The van der Waals surface area contributed by atoms with Gasteiger partial charge >= 0.3 is 12.1 Å². The first-order valence-corrected chi connectivity index (χ1v) is 12.8. The lowest BCUT2D eigenvalue weighted by molar-refractivity contribution is -0.144. The molecule has 2 heterocycles. The number of ether oxygens (including phenoxy) is 2. The van der Waals surface area contributed by atoms with Crippen molar-refractivity contribution in [3.63, 3.8) is 0 Å². The highest BCUT2D eigenvalue weighted by Gasteiger charge is 2.34. The average Bonchev–Trinajstić information content (AvgIpc) is 2.91. The van der Waals surface area contributed by atoms with Crippen molar-refractivity contribution in [3.8, 4) is 17.0 Å². The lowest BCUT2D eigenvalue weighted by Gasteiger charge is -2.28. The number of aliphatic carboxylic acids is 1. The topological polar surface area (TPSA) is 163 Å². The predicted molar refractivity (Wildman–Crippen MR) is 146 cm³/mol. The van der Waals surface area contributed by atoms with Crippen LogP contribution >= 0.6 is 0 Å². The molecule has 10 nitrogen and oxygen atoms in total. The van der Waals surface area contributed by atoms with Gasteiger partial charge < -0.3 is 26.0 Å². The maximum atomic E-state index is 13.6. The van der Waals surface area contributed by atoms with Crippen molar-refractivity contribution < 1.29 is 41.7 Å². The van der Waals surface area contributed by atoms with Crippen molar-refractivity contribution in [3.05, 3.63) is 36.2 Å². The van der Waals surface area contributed by atoms with Gasteiger partial charge in [0, 0.05) is 11.8 Å². The van der Waals surface area contributed by atoms with Gasteiger partial charge in [0.15, 0.2) is 0 Å². The van der Waals surface area contributed by atoms with Crippen LogP contribution in [0.2, 0.25) is 0 Å². The Morgan fingerprint density at radius 2 is 1.68 bits per heavy atom. The van der Waals surface area contributed by atoms with E-state index in [0.29, 0.717) is 12.0 Å². The van der Waals surface area contributed by atoms with E-state index in [1.807, 2.05) is 13.8 Å². The van der Waals surface area contributed by atoms with Crippen molar-refractivity contribution >= 4 is 17.9 Å². The number of halogens is 4. The second-order valence-electron chi connectivity index (χ2n) is 10.5. The number of anilines is 1. The van der Waals surface area contributed by atoms with Gasteiger partial charge in [-0.2, -0.15) is 0 Å². The van der Waals surface area contributed by atoms with Crippen molar-refractivity contribution in [2.75, 3.05) is 32.4 Å². The maximum absolute atomic E-state index is 13.6. The Morgan fingerprint density at radius 1 is 1.05 bits per heavy atom. The van der Waals surface area contributed by atoms with Crippen LogP contribution in [-0.4, -0.2) is 65.3 Å². The molecule has 2 aromatic heterocycles. The van der Waals surface area contributed by atoms with E-state index >= 15 is 0 Å². The fourth-order valence-electron chi connectivity index (χ4n) is 3.83. The van der Waals surface area contributed by atoms with Crippen molar-refractivity contribution in [1.29, 1.82) is 0 Å². The van der Waals surface area contributed by atoms with E-state index in [4.69, 9.17) is 21.3 Å². The average molecular weight is 590 g/mol. The van der Waals surface area contributed by atoms with E-state index in [9.17, 15) is 27.2 Å². The summed E-state index contributed by atoms with van der Waals surface area (Å²) in [5.41, 5.74) is 8.39. The highest BCUT2D eigenvalue weighted by molar-refractivity contribution is 5.84. The number of hydrogen-bond acceptors (Lipinski definition) is 8. The predicted octanol–water partition coefficient (Wildman–Crippen LogP) is 5.14. The van der Waals surface area contributed by atoms with Gasteiger partial charge in [0.2, 0.25) is 0 Å². The number of alkyl halides is 4. The first-order valence-electron chi connectivity index (χ1n) is 12.8. The van der Waals surface area contributed by atoms with Crippen LogP contribution < -0.4 is 21.5 Å². The number of carboxylic acids is 1. The summed E-state index contributed by atoms with van der Waals surface area (Å²) in [6, 6.07) is 5.84. The number of pyridine rings is 2. The van der Waals surface area contributed by atoms with Gasteiger partial charge in [0.25, 0.3) is 6.43 Å². The van der Waals surface area contributed by atoms with Crippen LogP contribution in [-0.2, 0) is 9.53 Å². The molecule has 6 N–H and O–H groups in total. The lowest BCUT2D eigenvalue weighted by Crippen LogP contribution is -2.51. The molecule has 0 spiro atoms. The molecule has 2 aromatic rings. The van der Waals surface area contributed by atoms with Gasteiger partial charge in [-0.3, -0.25) is 10.1 Å². The second kappa shape index (κ2) is 16.1. The monoisotopic (exact) mass is 589 g/mol. The Bertz CT molecular complexity index is 1140. The van der Waals surface area contributed by atoms with E-state index in [1.165, 1.54) is 31.5 Å². The molecular formula is C27H39F4N5O5. The zero-order valence-corrected chi connectivity index (χ0v) is 23.8. The molecule has 0 bridgehead atoms. The highest BCUT2D eigenvalue weighted by atomic mass is 19.3. The summed E-state index contributed by atoms with van der Waals surface area (Å²) in [5.74, 6) is -1.06. The maximum Gasteiger partial charge on any atom is 0.412 e. The summed E-state index contributed by atoms with van der Waals surface area (Å²) < 4.78 is 62.7. The Hall–Kier alpha value is -3.52. The van der Waals surface area contributed by atoms with E-state index in [0.717, 1.165) is 0 Å². The van der Waals surface area contributed by atoms with Crippen LogP contribution in [0.5, 0.6) is 5.75 Å². The van der Waals surface area contributed by atoms with E-state index in [2.05, 4.69) is 20.0 Å². The third kappa shape index (κ3) is 11.5. The molecule has 0 aliphatic heterocycles. The van der Waals surface area contributed by atoms with Crippen LogP contribution in [0, 0.1) is 11.8 Å². The van der Waals surface area contributed by atoms with Gasteiger partial charge in [-0.05, 0) is 48.9 Å². The molecule has 230 valence electrons. The molecule has 0 fully saturated rings. The summed E-state index contributed by atoms with van der Waals surface area (Å²) >= 11 is 0. The standard InChI is InChI=1S/C20H25F3N4O3.C7H14FNO2/c1-12(2)9-20(24,10-21)11-30-15-5-4-14(26-17(15)18(22)23)13-6-7-25-16(8-13)27-19(28)29-3;1-5(2)3-7(9,4-8)6(10)11/h4-8,12,18H,9-11,24H2,1-3H3,(H,25,27,28);5H,3-4,9H2,1-2H3,(H,10,11)/t20-;7-/m10/s1. The molecule has 2 atom stereocenters. The molecule has 0 unspecified atom stereocenters. The third-order valence-corrected chi connectivity index (χ3v) is 5.60. The molecule has 0 saturated heterocycles. The zero-order valence-electron chi connectivity index (χ0n) is 23.8. The first kappa shape index (κ1) is 35.5. The Kier molecular flexibility index (Phi) is 13.9. The van der Waals surface area contributed by atoms with Gasteiger partial charge in [0.05, 0.1) is 18.3 Å². The van der Waals surface area contributed by atoms with Gasteiger partial charge in [-0.1, -0.05) is 27.7 Å². The summed E-state index contributed by atoms with van der Waals surface area (Å²) in [4.78, 5) is 29.7. The van der Waals surface area contributed by atoms with E-state index in [-0.39, 0.29) is 42.1 Å². The number of methoxy groups -OCH3 is 1. The number of carboxylic acid groups (broad SMARTS) is 1. The summed E-state index contributed by atoms with van der Waals surface area (Å²) in [7, 11) is 1.20. The molecule has 2 rings (SSSR count). The smallest absolute Gasteiger partial charge is 0.412 e. The van der Waals surface area contributed by atoms with Gasteiger partial charge in [0.1, 0.15) is 42.8 Å². The SMILES string of the molecule is CC(C)C[C@](N)(CF)C(=O)O.COC(=O)Nc1cc(-c2ccc(OC[C@](N)(CF)CC(C)C)c(C(F)F)n2)ccn1. The van der Waals surface area contributed by atoms with Crippen LogP contribution in [0.15, 0.2) is 30.5 Å². The summed E-state index contributed by atoms with van der Waals surface area (Å²) in [6.07, 6.45) is -1.74. The molecule has 0 aromatic carbocycles. The van der Waals surface area contributed by atoms with Crippen molar-refractivity contribution in [1.82, 2.24) is 9.97 Å². The van der Waals surface area contributed by atoms with Gasteiger partial charge in [-0.15, -0.1) is 0 Å². The number of rotatable bonds is 13. The van der Waals surface area contributed by atoms with Crippen LogP contribution in [0.3, 0.4) is 0 Å². The molecule has 1 amide bonds. The molecule has 0 saturated carbocycles. The summed E-state index contributed by atoms with van der Waals surface area (Å²) in [5, 5.41) is 10.9. The minimum absolute atomic E-state index is 0.0897. The number of nitrogens with zero attached hydrogens (tertiary/aromatic N) is 2. The zero-order chi connectivity index (χ0) is 31.4. The number of nitrogens with one attached hydrogen (secondary N) is 1. The number of carbonyl (C=O) groups is 2. The normalized spacial score (nSPS) is 14.1. The minimum Gasteiger partial charge on any atom is -0.489 e. The minimum atomic E-state index is -2.92. The van der Waals surface area contributed by atoms with Crippen LogP contribution in [0.4, 0.5) is 28.2 Å². The Labute approximate surface area is 236 Å². The van der Waals surface area contributed by atoms with Crippen molar-refractivity contribution in [2.24, 2.45) is 23.3 Å². The van der Waals surface area contributed by atoms with Gasteiger partial charge in [-0.25, -0.2) is 32.3 Å². The molecule has 0 radical (unpaired) electrons. The highest BCUT2D eigenvalue weighted by Crippen LogP contribution is 2.31.